The molecule has 0 spiro atoms. The fraction of sp³-hybridized carbons (Fsp3) is 0.316. The lowest BCUT2D eigenvalue weighted by molar-refractivity contribution is -0.141. The van der Waals surface area contributed by atoms with Gasteiger partial charge in [0.05, 0.1) is 10.9 Å². The molecule has 7 heteroatoms. The second-order valence-electron chi connectivity index (χ2n) is 6.50. The first-order chi connectivity index (χ1) is 12.1. The molecule has 0 fully saturated rings. The molecule has 136 valence electrons. The molecule has 2 aromatic heterocycles. The van der Waals surface area contributed by atoms with Gasteiger partial charge in [-0.25, -0.2) is 9.97 Å². The summed E-state index contributed by atoms with van der Waals surface area (Å²) < 4.78 is 40.2. The van der Waals surface area contributed by atoms with E-state index < -0.39 is 11.9 Å². The van der Waals surface area contributed by atoms with Crippen LogP contribution in [0, 0.1) is 13.8 Å². The third kappa shape index (κ3) is 2.98. The molecule has 4 nitrogen and oxygen atoms in total. The fourth-order valence-electron chi connectivity index (χ4n) is 2.99. The van der Waals surface area contributed by atoms with Crippen molar-refractivity contribution in [3.63, 3.8) is 0 Å². The fourth-order valence-corrected chi connectivity index (χ4v) is 2.99. The topological polar surface area (TPSA) is 47.8 Å². The Hall–Kier alpha value is -2.70. The minimum Gasteiger partial charge on any atom is -0.290 e. The molecule has 0 amide bonds. The minimum absolute atomic E-state index is 0.175. The van der Waals surface area contributed by atoms with Crippen LogP contribution in [-0.2, 0) is 6.18 Å². The number of pyridine rings is 1. The van der Waals surface area contributed by atoms with E-state index in [1.54, 1.807) is 12.1 Å². The van der Waals surface area contributed by atoms with Crippen LogP contribution in [0.15, 0.2) is 35.1 Å². The van der Waals surface area contributed by atoms with E-state index in [1.165, 1.54) is 17.6 Å². The first-order valence-electron chi connectivity index (χ1n) is 8.18. The normalized spacial score (nSPS) is 12.2. The van der Waals surface area contributed by atoms with Gasteiger partial charge in [-0.3, -0.25) is 9.36 Å². The van der Waals surface area contributed by atoms with Crippen LogP contribution in [0.25, 0.3) is 22.3 Å². The molecule has 26 heavy (non-hydrogen) atoms. The molecule has 0 aliphatic heterocycles. The van der Waals surface area contributed by atoms with Gasteiger partial charge in [0, 0.05) is 17.3 Å². The summed E-state index contributed by atoms with van der Waals surface area (Å²) in [5.74, 6) is 0.325. The van der Waals surface area contributed by atoms with Gasteiger partial charge < -0.3 is 0 Å². The zero-order valence-electron chi connectivity index (χ0n) is 14.8. The van der Waals surface area contributed by atoms with E-state index in [1.807, 2.05) is 26.8 Å². The SMILES string of the molecule is Cc1nc(C(F)(F)F)ccc1-c1nc2c(C)cccc2c(=O)n1C(C)C. The lowest BCUT2D eigenvalue weighted by Crippen LogP contribution is -2.25. The zero-order valence-corrected chi connectivity index (χ0v) is 14.8. The molecular formula is C19H18F3N3O. The summed E-state index contributed by atoms with van der Waals surface area (Å²) in [5, 5.41) is 0.486. The lowest BCUT2D eigenvalue weighted by atomic mass is 10.1. The minimum atomic E-state index is -4.52. The van der Waals surface area contributed by atoms with Crippen LogP contribution in [0.2, 0.25) is 0 Å². The second-order valence-corrected chi connectivity index (χ2v) is 6.50. The van der Waals surface area contributed by atoms with Crippen molar-refractivity contribution >= 4 is 10.9 Å². The number of para-hydroxylation sites is 1. The van der Waals surface area contributed by atoms with Crippen LogP contribution in [0.4, 0.5) is 13.2 Å². The van der Waals surface area contributed by atoms with Gasteiger partial charge in [0.1, 0.15) is 11.5 Å². The number of benzene rings is 1. The third-order valence-corrected chi connectivity index (χ3v) is 4.27. The number of alkyl halides is 3. The summed E-state index contributed by atoms with van der Waals surface area (Å²) in [4.78, 5) is 21.3. The first kappa shape index (κ1) is 18.1. The Morgan fingerprint density at radius 2 is 1.73 bits per heavy atom. The molecule has 2 heterocycles. The number of nitrogens with zero attached hydrogens (tertiary/aromatic N) is 3. The predicted molar refractivity (Wildman–Crippen MR) is 94.1 cm³/mol. The third-order valence-electron chi connectivity index (χ3n) is 4.27. The predicted octanol–water partition coefficient (Wildman–Crippen LogP) is 4.68. The second kappa shape index (κ2) is 6.23. The Kier molecular flexibility index (Phi) is 4.34. The molecule has 3 rings (SSSR count). The van der Waals surface area contributed by atoms with Gasteiger partial charge in [-0.2, -0.15) is 13.2 Å². The van der Waals surface area contributed by atoms with E-state index in [0.717, 1.165) is 11.6 Å². The highest BCUT2D eigenvalue weighted by atomic mass is 19.4. The molecule has 0 atom stereocenters. The maximum absolute atomic E-state index is 13.0. The number of aryl methyl sites for hydroxylation is 2. The largest absolute Gasteiger partial charge is 0.433 e. The standard InChI is InChI=1S/C19H18F3N3O/c1-10(2)25-17(13-8-9-15(19(20,21)22)23-12(13)4)24-16-11(3)6-5-7-14(16)18(25)26/h5-10H,1-4H3. The summed E-state index contributed by atoms with van der Waals surface area (Å²) in [6.45, 7) is 7.00. The van der Waals surface area contributed by atoms with Crippen LogP contribution in [-0.4, -0.2) is 14.5 Å². The number of rotatable bonds is 2. The monoisotopic (exact) mass is 361 g/mol. The summed E-state index contributed by atoms with van der Waals surface area (Å²) in [6.07, 6.45) is -4.52. The van der Waals surface area contributed by atoms with Crippen molar-refractivity contribution < 1.29 is 13.2 Å². The number of fused-ring (bicyclic) bond motifs is 1. The summed E-state index contributed by atoms with van der Waals surface area (Å²) in [7, 11) is 0. The molecule has 0 saturated carbocycles. The van der Waals surface area contributed by atoms with Crippen molar-refractivity contribution in [1.82, 2.24) is 14.5 Å². The van der Waals surface area contributed by atoms with Crippen LogP contribution in [0.3, 0.4) is 0 Å². The van der Waals surface area contributed by atoms with Crippen molar-refractivity contribution in [3.8, 4) is 11.4 Å². The van der Waals surface area contributed by atoms with Crippen molar-refractivity contribution in [2.24, 2.45) is 0 Å². The van der Waals surface area contributed by atoms with Crippen molar-refractivity contribution in [2.75, 3.05) is 0 Å². The van der Waals surface area contributed by atoms with Crippen LogP contribution in [0.1, 0.15) is 36.8 Å². The molecule has 0 bridgehead atoms. The number of aromatic nitrogens is 3. The van der Waals surface area contributed by atoms with Crippen LogP contribution >= 0.6 is 0 Å². The van der Waals surface area contributed by atoms with E-state index in [0.29, 0.717) is 22.3 Å². The van der Waals surface area contributed by atoms with Crippen molar-refractivity contribution in [2.45, 2.75) is 39.9 Å². The molecule has 0 radical (unpaired) electrons. The Balaban J connectivity index is 2.36. The number of hydrogen-bond donors (Lipinski definition) is 0. The lowest BCUT2D eigenvalue weighted by Gasteiger charge is -2.19. The Morgan fingerprint density at radius 3 is 2.31 bits per heavy atom. The molecule has 0 aliphatic carbocycles. The summed E-state index contributed by atoms with van der Waals surface area (Å²) in [5.41, 5.74) is 0.776. The van der Waals surface area contributed by atoms with Gasteiger partial charge in [-0.15, -0.1) is 0 Å². The highest BCUT2D eigenvalue weighted by molar-refractivity contribution is 5.82. The maximum Gasteiger partial charge on any atom is 0.433 e. The zero-order chi connectivity index (χ0) is 19.2. The van der Waals surface area contributed by atoms with E-state index in [9.17, 15) is 18.0 Å². The van der Waals surface area contributed by atoms with Gasteiger partial charge >= 0.3 is 6.18 Å². The Labute approximate surface area is 148 Å². The van der Waals surface area contributed by atoms with Gasteiger partial charge in [0.2, 0.25) is 0 Å². The summed E-state index contributed by atoms with van der Waals surface area (Å²) in [6, 6.07) is 7.37. The quantitative estimate of drug-likeness (QED) is 0.666. The molecule has 1 aromatic carbocycles. The molecule has 3 aromatic rings. The van der Waals surface area contributed by atoms with Gasteiger partial charge in [-0.05, 0) is 51.5 Å². The Bertz CT molecular complexity index is 1050. The first-order valence-corrected chi connectivity index (χ1v) is 8.18. The van der Waals surface area contributed by atoms with Crippen LogP contribution < -0.4 is 5.56 Å². The van der Waals surface area contributed by atoms with E-state index >= 15 is 0 Å². The molecule has 0 N–H and O–H groups in total. The highest BCUT2D eigenvalue weighted by Crippen LogP contribution is 2.31. The molecule has 0 aliphatic rings. The maximum atomic E-state index is 13.0. The van der Waals surface area contributed by atoms with E-state index in [4.69, 9.17) is 0 Å². The highest BCUT2D eigenvalue weighted by Gasteiger charge is 2.33. The molecular weight excluding hydrogens is 343 g/mol. The smallest absolute Gasteiger partial charge is 0.290 e. The van der Waals surface area contributed by atoms with E-state index in [-0.39, 0.29) is 17.3 Å². The van der Waals surface area contributed by atoms with Crippen LogP contribution in [0.5, 0.6) is 0 Å². The number of halogens is 3. The average Bonchev–Trinajstić information content (AvgIpc) is 2.54. The van der Waals surface area contributed by atoms with Crippen molar-refractivity contribution in [3.05, 3.63) is 57.6 Å². The number of hydrogen-bond acceptors (Lipinski definition) is 3. The van der Waals surface area contributed by atoms with E-state index in [2.05, 4.69) is 9.97 Å². The van der Waals surface area contributed by atoms with Gasteiger partial charge in [0.15, 0.2) is 0 Å². The van der Waals surface area contributed by atoms with Gasteiger partial charge in [-0.1, -0.05) is 12.1 Å². The molecule has 0 unspecified atom stereocenters. The summed E-state index contributed by atoms with van der Waals surface area (Å²) >= 11 is 0. The molecule has 0 saturated heterocycles. The Morgan fingerprint density at radius 1 is 1.04 bits per heavy atom. The van der Waals surface area contributed by atoms with Gasteiger partial charge in [0.25, 0.3) is 5.56 Å². The van der Waals surface area contributed by atoms with Crippen molar-refractivity contribution in [1.29, 1.82) is 0 Å². The average molecular weight is 361 g/mol.